The van der Waals surface area contributed by atoms with Crippen LogP contribution in [0.25, 0.3) is 0 Å². The van der Waals surface area contributed by atoms with Gasteiger partial charge in [0.15, 0.2) is 0 Å². The molecule has 1 fully saturated rings. The van der Waals surface area contributed by atoms with Crippen molar-refractivity contribution in [2.75, 3.05) is 0 Å². The summed E-state index contributed by atoms with van der Waals surface area (Å²) in [4.78, 5) is 24.8. The number of ether oxygens (including phenoxy) is 2. The molecule has 1 aromatic rings. The van der Waals surface area contributed by atoms with Crippen molar-refractivity contribution < 1.29 is 19.1 Å². The number of benzene rings is 1. The van der Waals surface area contributed by atoms with E-state index < -0.39 is 17.4 Å². The normalized spacial score (nSPS) is 25.3. The SMILES string of the molecule is CC=C[C@H]1C[C@](N)(NC(=O)OC(C)(C)C)CC[C@@H]1C(=O)OCc1ccccc1. The maximum atomic E-state index is 12.7. The van der Waals surface area contributed by atoms with Crippen molar-refractivity contribution in [3.63, 3.8) is 0 Å². The molecule has 0 aliphatic heterocycles. The van der Waals surface area contributed by atoms with Crippen LogP contribution in [0.4, 0.5) is 4.79 Å². The Bertz CT molecular complexity index is 696. The minimum absolute atomic E-state index is 0.109. The van der Waals surface area contributed by atoms with Gasteiger partial charge in [0.05, 0.1) is 11.6 Å². The number of hydrogen-bond acceptors (Lipinski definition) is 5. The second kappa shape index (κ2) is 9.24. The molecule has 3 N–H and O–H groups in total. The Hall–Kier alpha value is -2.34. The van der Waals surface area contributed by atoms with Crippen LogP contribution in [0.3, 0.4) is 0 Å². The third-order valence-electron chi connectivity index (χ3n) is 4.73. The first-order chi connectivity index (χ1) is 13.1. The predicted molar refractivity (Wildman–Crippen MR) is 108 cm³/mol. The highest BCUT2D eigenvalue weighted by Crippen LogP contribution is 2.36. The number of carbonyl (C=O) groups excluding carboxylic acids is 2. The summed E-state index contributed by atoms with van der Waals surface area (Å²) in [6.07, 6.45) is 4.79. The number of alkyl carbamates (subject to hydrolysis) is 1. The van der Waals surface area contributed by atoms with Gasteiger partial charge in [-0.05, 0) is 58.4 Å². The molecule has 1 aromatic carbocycles. The highest BCUT2D eigenvalue weighted by molar-refractivity contribution is 5.73. The number of nitrogens with one attached hydrogen (secondary N) is 1. The molecule has 1 aliphatic carbocycles. The predicted octanol–water partition coefficient (Wildman–Crippen LogP) is 3.90. The van der Waals surface area contributed by atoms with Crippen molar-refractivity contribution >= 4 is 12.1 Å². The first-order valence-electron chi connectivity index (χ1n) is 9.75. The number of carbonyl (C=O) groups is 2. The van der Waals surface area contributed by atoms with Crippen molar-refractivity contribution in [3.05, 3.63) is 48.0 Å². The fraction of sp³-hybridized carbons (Fsp3) is 0.545. The number of nitrogens with two attached hydrogens (primary N) is 1. The molecule has 0 bridgehead atoms. The van der Waals surface area contributed by atoms with Crippen LogP contribution in [-0.2, 0) is 20.9 Å². The third kappa shape index (κ3) is 6.68. The molecular formula is C22H32N2O4. The second-order valence-electron chi connectivity index (χ2n) is 8.42. The van der Waals surface area contributed by atoms with E-state index in [1.165, 1.54) is 0 Å². The Morgan fingerprint density at radius 2 is 1.96 bits per heavy atom. The molecule has 0 saturated heterocycles. The molecule has 1 aliphatic rings. The molecule has 1 amide bonds. The molecule has 0 spiro atoms. The lowest BCUT2D eigenvalue weighted by atomic mass is 9.73. The van der Waals surface area contributed by atoms with Gasteiger partial charge in [0, 0.05) is 0 Å². The van der Waals surface area contributed by atoms with E-state index in [9.17, 15) is 9.59 Å². The quantitative estimate of drug-likeness (QED) is 0.453. The average Bonchev–Trinajstić information content (AvgIpc) is 2.59. The van der Waals surface area contributed by atoms with Gasteiger partial charge in [-0.1, -0.05) is 42.5 Å². The van der Waals surface area contributed by atoms with Gasteiger partial charge in [-0.25, -0.2) is 4.79 Å². The zero-order chi connectivity index (χ0) is 20.8. The number of rotatable bonds is 5. The largest absolute Gasteiger partial charge is 0.461 e. The molecule has 1 saturated carbocycles. The smallest absolute Gasteiger partial charge is 0.409 e. The topological polar surface area (TPSA) is 90.6 Å². The third-order valence-corrected chi connectivity index (χ3v) is 4.73. The summed E-state index contributed by atoms with van der Waals surface area (Å²) < 4.78 is 10.9. The lowest BCUT2D eigenvalue weighted by Crippen LogP contribution is -2.60. The summed E-state index contributed by atoms with van der Waals surface area (Å²) in [6, 6.07) is 9.60. The Balaban J connectivity index is 1.99. The van der Waals surface area contributed by atoms with E-state index in [-0.39, 0.29) is 24.4 Å². The lowest BCUT2D eigenvalue weighted by Gasteiger charge is -2.41. The fourth-order valence-electron chi connectivity index (χ4n) is 3.49. The molecule has 6 heteroatoms. The van der Waals surface area contributed by atoms with Gasteiger partial charge >= 0.3 is 12.1 Å². The van der Waals surface area contributed by atoms with Crippen LogP contribution in [0, 0.1) is 11.8 Å². The Morgan fingerprint density at radius 3 is 2.57 bits per heavy atom. The Morgan fingerprint density at radius 1 is 1.29 bits per heavy atom. The molecule has 28 heavy (non-hydrogen) atoms. The summed E-state index contributed by atoms with van der Waals surface area (Å²) in [5, 5.41) is 2.79. The van der Waals surface area contributed by atoms with Crippen LogP contribution in [0.5, 0.6) is 0 Å². The zero-order valence-corrected chi connectivity index (χ0v) is 17.2. The summed E-state index contributed by atoms with van der Waals surface area (Å²) in [6.45, 7) is 7.57. The molecule has 0 unspecified atom stereocenters. The van der Waals surface area contributed by atoms with E-state index in [4.69, 9.17) is 15.2 Å². The van der Waals surface area contributed by atoms with E-state index in [1.807, 2.05) is 49.4 Å². The molecule has 3 atom stereocenters. The Kier molecular flexibility index (Phi) is 7.24. The monoisotopic (exact) mass is 388 g/mol. The number of esters is 1. The number of hydrogen-bond donors (Lipinski definition) is 2. The Labute approximate surface area is 167 Å². The molecule has 0 radical (unpaired) electrons. The van der Waals surface area contributed by atoms with Gasteiger partial charge in [0.1, 0.15) is 12.2 Å². The minimum Gasteiger partial charge on any atom is -0.461 e. The molecule has 6 nitrogen and oxygen atoms in total. The van der Waals surface area contributed by atoms with Gasteiger partial charge in [-0.15, -0.1) is 0 Å². The number of amides is 1. The minimum atomic E-state index is -0.914. The summed E-state index contributed by atoms with van der Waals surface area (Å²) in [7, 11) is 0. The van der Waals surface area contributed by atoms with E-state index in [0.717, 1.165) is 5.56 Å². The molecule has 2 rings (SSSR count). The standard InChI is InChI=1S/C22H32N2O4/c1-5-9-17-14-22(23,24-20(26)28-21(2,3)4)13-12-18(17)19(25)27-15-16-10-7-6-8-11-16/h5-11,17-18H,12-15,23H2,1-4H3,(H,24,26)/t17-,18-,22+/m0/s1. The van der Waals surface area contributed by atoms with Crippen molar-refractivity contribution in [2.45, 2.75) is 64.8 Å². The summed E-state index contributed by atoms with van der Waals surface area (Å²) in [5.41, 5.74) is 5.87. The van der Waals surface area contributed by atoms with Crippen molar-refractivity contribution in [2.24, 2.45) is 17.6 Å². The van der Waals surface area contributed by atoms with Crippen LogP contribution in [0.1, 0.15) is 52.5 Å². The van der Waals surface area contributed by atoms with Crippen LogP contribution in [-0.4, -0.2) is 23.3 Å². The van der Waals surface area contributed by atoms with E-state index in [0.29, 0.717) is 19.3 Å². The average molecular weight is 389 g/mol. The van der Waals surface area contributed by atoms with Gasteiger partial charge in [-0.2, -0.15) is 0 Å². The van der Waals surface area contributed by atoms with Crippen molar-refractivity contribution in [1.29, 1.82) is 0 Å². The van der Waals surface area contributed by atoms with Crippen LogP contribution < -0.4 is 11.1 Å². The van der Waals surface area contributed by atoms with E-state index in [1.54, 1.807) is 20.8 Å². The van der Waals surface area contributed by atoms with Crippen LogP contribution in [0.2, 0.25) is 0 Å². The maximum Gasteiger partial charge on any atom is 0.409 e. The first kappa shape index (κ1) is 22.0. The van der Waals surface area contributed by atoms with Gasteiger partial charge < -0.3 is 20.5 Å². The second-order valence-corrected chi connectivity index (χ2v) is 8.42. The molecule has 154 valence electrons. The van der Waals surface area contributed by atoms with Crippen LogP contribution in [0.15, 0.2) is 42.5 Å². The molecular weight excluding hydrogens is 356 g/mol. The van der Waals surface area contributed by atoms with Gasteiger partial charge in [0.2, 0.25) is 0 Å². The van der Waals surface area contributed by atoms with Crippen molar-refractivity contribution in [1.82, 2.24) is 5.32 Å². The molecule has 0 heterocycles. The lowest BCUT2D eigenvalue weighted by molar-refractivity contribution is -0.153. The highest BCUT2D eigenvalue weighted by atomic mass is 16.6. The van der Waals surface area contributed by atoms with Gasteiger partial charge in [-0.3, -0.25) is 4.79 Å². The van der Waals surface area contributed by atoms with Crippen molar-refractivity contribution in [3.8, 4) is 0 Å². The van der Waals surface area contributed by atoms with E-state index >= 15 is 0 Å². The zero-order valence-electron chi connectivity index (χ0n) is 17.2. The first-order valence-corrected chi connectivity index (χ1v) is 9.75. The summed E-state index contributed by atoms with van der Waals surface area (Å²) >= 11 is 0. The molecule has 0 aromatic heterocycles. The van der Waals surface area contributed by atoms with Gasteiger partial charge in [0.25, 0.3) is 0 Å². The fourth-order valence-corrected chi connectivity index (χ4v) is 3.49. The van der Waals surface area contributed by atoms with Crippen LogP contribution >= 0.6 is 0 Å². The van der Waals surface area contributed by atoms with E-state index in [2.05, 4.69) is 5.32 Å². The highest BCUT2D eigenvalue weighted by Gasteiger charge is 2.42. The maximum absolute atomic E-state index is 12.7. The summed E-state index contributed by atoms with van der Waals surface area (Å²) in [5.74, 6) is -0.620. The number of allylic oxidation sites excluding steroid dienone is 2.